The van der Waals surface area contributed by atoms with Crippen molar-refractivity contribution in [2.75, 3.05) is 40.0 Å². The maximum atomic E-state index is 11.6. The number of amides is 2. The SMILES string of the molecule is COC(CNC(=O)N(CCO)CCO)CC(=O)O. The molecule has 8 nitrogen and oxygen atoms in total. The lowest BCUT2D eigenvalue weighted by Crippen LogP contribution is -2.45. The maximum absolute atomic E-state index is 11.6. The molecule has 0 rings (SSSR count). The Labute approximate surface area is 105 Å². The van der Waals surface area contributed by atoms with Gasteiger partial charge in [-0.15, -0.1) is 0 Å². The molecule has 0 fully saturated rings. The molecule has 0 aliphatic rings. The monoisotopic (exact) mass is 264 g/mol. The first kappa shape index (κ1) is 16.6. The van der Waals surface area contributed by atoms with Gasteiger partial charge in [-0.25, -0.2) is 4.79 Å². The highest BCUT2D eigenvalue weighted by Gasteiger charge is 2.16. The molecule has 1 unspecified atom stereocenters. The third-order valence-electron chi connectivity index (χ3n) is 2.24. The molecule has 0 bridgehead atoms. The molecule has 0 aliphatic heterocycles. The van der Waals surface area contributed by atoms with Gasteiger partial charge in [0.05, 0.1) is 25.7 Å². The lowest BCUT2D eigenvalue weighted by atomic mass is 10.2. The number of carbonyl (C=O) groups excluding carboxylic acids is 1. The standard InChI is InChI=1S/C10H20N2O6/c1-18-8(6-9(15)16)7-11-10(17)12(2-4-13)3-5-14/h8,13-14H,2-7H2,1H3,(H,11,17)(H,15,16). The van der Waals surface area contributed by atoms with Crippen LogP contribution >= 0.6 is 0 Å². The van der Waals surface area contributed by atoms with Gasteiger partial charge >= 0.3 is 12.0 Å². The fraction of sp³-hybridized carbons (Fsp3) is 0.800. The molecule has 2 amide bonds. The number of nitrogens with zero attached hydrogens (tertiary/aromatic N) is 1. The van der Waals surface area contributed by atoms with Crippen molar-refractivity contribution < 1.29 is 29.6 Å². The summed E-state index contributed by atoms with van der Waals surface area (Å²) in [5.74, 6) is -1.02. The summed E-state index contributed by atoms with van der Waals surface area (Å²) in [6.07, 6.45) is -0.826. The molecule has 1 atom stereocenters. The van der Waals surface area contributed by atoms with Gasteiger partial charge in [0.25, 0.3) is 0 Å². The largest absolute Gasteiger partial charge is 0.481 e. The molecule has 0 radical (unpaired) electrons. The number of aliphatic carboxylic acids is 1. The van der Waals surface area contributed by atoms with E-state index < -0.39 is 18.1 Å². The van der Waals surface area contributed by atoms with E-state index in [1.807, 2.05) is 0 Å². The molecule has 4 N–H and O–H groups in total. The highest BCUT2D eigenvalue weighted by Crippen LogP contribution is 1.96. The van der Waals surface area contributed by atoms with Crippen LogP contribution in [-0.4, -0.2) is 78.3 Å². The Morgan fingerprint density at radius 2 is 1.83 bits per heavy atom. The molecule has 18 heavy (non-hydrogen) atoms. The van der Waals surface area contributed by atoms with Crippen molar-refractivity contribution >= 4 is 12.0 Å². The van der Waals surface area contributed by atoms with E-state index in [4.69, 9.17) is 20.1 Å². The van der Waals surface area contributed by atoms with Crippen molar-refractivity contribution in [2.24, 2.45) is 0 Å². The third-order valence-corrected chi connectivity index (χ3v) is 2.24. The second kappa shape index (κ2) is 9.63. The Balaban J connectivity index is 4.14. The number of carboxylic acids is 1. The Kier molecular flexibility index (Phi) is 8.89. The van der Waals surface area contributed by atoms with Crippen LogP contribution in [0.4, 0.5) is 4.79 Å². The molecule has 0 aliphatic carbocycles. The average molecular weight is 264 g/mol. The number of rotatable bonds is 9. The van der Waals surface area contributed by atoms with Gasteiger partial charge in [0.2, 0.25) is 0 Å². The van der Waals surface area contributed by atoms with Crippen LogP contribution < -0.4 is 5.32 Å². The van der Waals surface area contributed by atoms with E-state index in [9.17, 15) is 9.59 Å². The summed E-state index contributed by atoms with van der Waals surface area (Å²) < 4.78 is 4.90. The Morgan fingerprint density at radius 3 is 2.22 bits per heavy atom. The minimum absolute atomic E-state index is 0.0506. The average Bonchev–Trinajstić information content (AvgIpc) is 2.33. The van der Waals surface area contributed by atoms with Crippen LogP contribution in [0.1, 0.15) is 6.42 Å². The molecule has 0 saturated heterocycles. The first-order valence-electron chi connectivity index (χ1n) is 5.54. The van der Waals surface area contributed by atoms with E-state index >= 15 is 0 Å². The fourth-order valence-corrected chi connectivity index (χ4v) is 1.30. The van der Waals surface area contributed by atoms with E-state index in [2.05, 4.69) is 5.32 Å². The maximum Gasteiger partial charge on any atom is 0.317 e. The Bertz CT molecular complexity index is 255. The number of methoxy groups -OCH3 is 1. The summed E-state index contributed by atoms with van der Waals surface area (Å²) in [6.45, 7) is -0.173. The minimum Gasteiger partial charge on any atom is -0.481 e. The van der Waals surface area contributed by atoms with E-state index in [0.29, 0.717) is 0 Å². The van der Waals surface area contributed by atoms with Gasteiger partial charge in [-0.2, -0.15) is 0 Å². The number of ether oxygens (including phenoxy) is 1. The van der Waals surface area contributed by atoms with Gasteiger partial charge < -0.3 is 30.3 Å². The number of urea groups is 1. The molecular formula is C10H20N2O6. The van der Waals surface area contributed by atoms with E-state index in [1.54, 1.807) is 0 Å². The van der Waals surface area contributed by atoms with Gasteiger partial charge in [0.15, 0.2) is 0 Å². The van der Waals surface area contributed by atoms with Crippen molar-refractivity contribution in [3.8, 4) is 0 Å². The van der Waals surface area contributed by atoms with Crippen molar-refractivity contribution in [3.63, 3.8) is 0 Å². The number of aliphatic hydroxyl groups excluding tert-OH is 2. The number of aliphatic hydroxyl groups is 2. The van der Waals surface area contributed by atoms with Crippen molar-refractivity contribution in [2.45, 2.75) is 12.5 Å². The predicted molar refractivity (Wildman–Crippen MR) is 62.2 cm³/mol. The zero-order valence-electron chi connectivity index (χ0n) is 10.3. The summed E-state index contributed by atoms with van der Waals surface area (Å²) >= 11 is 0. The smallest absolute Gasteiger partial charge is 0.317 e. The van der Waals surface area contributed by atoms with Crippen LogP contribution in [0.15, 0.2) is 0 Å². The second-order valence-corrected chi connectivity index (χ2v) is 3.58. The van der Waals surface area contributed by atoms with E-state index in [0.717, 1.165) is 0 Å². The summed E-state index contributed by atoms with van der Waals surface area (Å²) in [5, 5.41) is 28.6. The number of carboxylic acid groups (broad SMARTS) is 1. The zero-order chi connectivity index (χ0) is 14.0. The van der Waals surface area contributed by atoms with Gasteiger partial charge in [0, 0.05) is 26.7 Å². The number of carbonyl (C=O) groups is 2. The zero-order valence-corrected chi connectivity index (χ0v) is 10.3. The molecule has 0 aromatic carbocycles. The lowest BCUT2D eigenvalue weighted by molar-refractivity contribution is -0.139. The molecule has 0 aromatic heterocycles. The first-order chi connectivity index (χ1) is 8.54. The van der Waals surface area contributed by atoms with Gasteiger partial charge in [-0.05, 0) is 0 Å². The quantitative estimate of drug-likeness (QED) is 0.401. The van der Waals surface area contributed by atoms with Crippen molar-refractivity contribution in [3.05, 3.63) is 0 Å². The van der Waals surface area contributed by atoms with Crippen LogP contribution in [0.25, 0.3) is 0 Å². The highest BCUT2D eigenvalue weighted by atomic mass is 16.5. The topological polar surface area (TPSA) is 119 Å². The van der Waals surface area contributed by atoms with Crippen LogP contribution in [0.5, 0.6) is 0 Å². The van der Waals surface area contributed by atoms with Gasteiger partial charge in [-0.3, -0.25) is 4.79 Å². The summed E-state index contributed by atoms with van der Waals surface area (Å²) in [7, 11) is 1.36. The second-order valence-electron chi connectivity index (χ2n) is 3.58. The molecule has 106 valence electrons. The lowest BCUT2D eigenvalue weighted by Gasteiger charge is -2.22. The number of hydrogen-bond acceptors (Lipinski definition) is 5. The van der Waals surface area contributed by atoms with Gasteiger partial charge in [0.1, 0.15) is 0 Å². The third kappa shape index (κ3) is 7.05. The summed E-state index contributed by atoms with van der Waals surface area (Å²) in [5.41, 5.74) is 0. The van der Waals surface area contributed by atoms with Crippen molar-refractivity contribution in [1.29, 1.82) is 0 Å². The molecule has 0 saturated carbocycles. The van der Waals surface area contributed by atoms with Crippen molar-refractivity contribution in [1.82, 2.24) is 10.2 Å². The predicted octanol–water partition coefficient (Wildman–Crippen LogP) is -1.53. The summed E-state index contributed by atoms with van der Waals surface area (Å²) in [4.78, 5) is 23.3. The van der Waals surface area contributed by atoms with Crippen LogP contribution in [-0.2, 0) is 9.53 Å². The van der Waals surface area contributed by atoms with Gasteiger partial charge in [-0.1, -0.05) is 0 Å². The van der Waals surface area contributed by atoms with E-state index in [1.165, 1.54) is 12.0 Å². The van der Waals surface area contributed by atoms with Crippen LogP contribution in [0, 0.1) is 0 Å². The highest BCUT2D eigenvalue weighted by molar-refractivity contribution is 5.74. The van der Waals surface area contributed by atoms with Crippen LogP contribution in [0.2, 0.25) is 0 Å². The Hall–Kier alpha value is -1.38. The Morgan fingerprint density at radius 1 is 1.28 bits per heavy atom. The molecular weight excluding hydrogens is 244 g/mol. The molecule has 0 aromatic rings. The number of nitrogens with one attached hydrogen (secondary N) is 1. The molecule has 0 heterocycles. The molecule has 0 spiro atoms. The summed E-state index contributed by atoms with van der Waals surface area (Å²) in [6, 6.07) is -0.481. The van der Waals surface area contributed by atoms with E-state index in [-0.39, 0.29) is 39.3 Å². The van der Waals surface area contributed by atoms with Crippen LogP contribution in [0.3, 0.4) is 0 Å². The first-order valence-corrected chi connectivity index (χ1v) is 5.54. The molecule has 8 heteroatoms. The normalized spacial score (nSPS) is 11.9. The minimum atomic E-state index is -1.02. The fourth-order valence-electron chi connectivity index (χ4n) is 1.30. The number of hydrogen-bond donors (Lipinski definition) is 4.